The van der Waals surface area contributed by atoms with Crippen LogP contribution in [0.15, 0.2) is 24.3 Å². The topological polar surface area (TPSA) is 52.3 Å². The summed E-state index contributed by atoms with van der Waals surface area (Å²) in [5, 5.41) is 0. The van der Waals surface area contributed by atoms with Crippen molar-refractivity contribution >= 4 is 5.78 Å². The second-order valence-electron chi connectivity index (χ2n) is 2.36. The highest BCUT2D eigenvalue weighted by Gasteiger charge is 2.01. The first-order valence-electron chi connectivity index (χ1n) is 3.65. The van der Waals surface area contributed by atoms with Crippen molar-refractivity contribution in [1.29, 1.82) is 0 Å². The molecule has 3 nitrogen and oxygen atoms in total. The van der Waals surface area contributed by atoms with Crippen LogP contribution in [-0.2, 0) is 0 Å². The summed E-state index contributed by atoms with van der Waals surface area (Å²) in [6, 6.07) is 6.88. The second-order valence-corrected chi connectivity index (χ2v) is 2.36. The van der Waals surface area contributed by atoms with Crippen molar-refractivity contribution in [2.24, 2.45) is 5.73 Å². The van der Waals surface area contributed by atoms with E-state index in [-0.39, 0.29) is 24.7 Å². The Morgan fingerprint density at radius 1 is 1.38 bits per heavy atom. The minimum Gasteiger partial charge on any atom is -1.00 e. The molecule has 0 saturated heterocycles. The standard InChI is InChI=1S/C9H11NO2.ClH/c1-12-8-4-2-7(3-5-8)9(11)6-10;/h2-5H,6,10H2,1H3;1H/p-1. The number of Topliss-reactive ketones (excluding diaryl/α,β-unsaturated/α-hetero) is 1. The zero-order valence-electron chi connectivity index (χ0n) is 7.29. The van der Waals surface area contributed by atoms with Gasteiger partial charge in [-0.05, 0) is 24.3 Å². The molecule has 0 aliphatic rings. The number of hydrogen-bond acceptors (Lipinski definition) is 3. The van der Waals surface area contributed by atoms with Crippen molar-refractivity contribution in [2.45, 2.75) is 0 Å². The van der Waals surface area contributed by atoms with Crippen LogP contribution in [0.2, 0.25) is 0 Å². The molecule has 0 aliphatic carbocycles. The molecule has 0 fully saturated rings. The number of hydrogen-bond donors (Lipinski definition) is 1. The molecular formula is C9H11ClNO2-. The van der Waals surface area contributed by atoms with Gasteiger partial charge in [0.2, 0.25) is 0 Å². The molecule has 13 heavy (non-hydrogen) atoms. The number of benzene rings is 1. The molecule has 0 unspecified atom stereocenters. The Hall–Kier alpha value is -1.06. The van der Waals surface area contributed by atoms with Gasteiger partial charge in [0.1, 0.15) is 5.75 Å². The van der Waals surface area contributed by atoms with Crippen molar-refractivity contribution in [3.8, 4) is 5.75 Å². The van der Waals surface area contributed by atoms with Gasteiger partial charge >= 0.3 is 0 Å². The van der Waals surface area contributed by atoms with Crippen LogP contribution in [0.3, 0.4) is 0 Å². The van der Waals surface area contributed by atoms with Gasteiger partial charge in [-0.25, -0.2) is 0 Å². The summed E-state index contributed by atoms with van der Waals surface area (Å²) in [5.41, 5.74) is 5.82. The molecule has 1 aromatic carbocycles. The normalized spacial score (nSPS) is 8.77. The predicted molar refractivity (Wildman–Crippen MR) is 46.4 cm³/mol. The first-order valence-corrected chi connectivity index (χ1v) is 3.65. The Morgan fingerprint density at radius 2 is 1.92 bits per heavy atom. The van der Waals surface area contributed by atoms with E-state index in [4.69, 9.17) is 10.5 Å². The SMILES string of the molecule is COc1ccc(C(=O)CN)cc1.[Cl-]. The first kappa shape index (κ1) is 11.9. The highest BCUT2D eigenvalue weighted by molar-refractivity contribution is 5.97. The fourth-order valence-corrected chi connectivity index (χ4v) is 0.895. The molecule has 0 heterocycles. The summed E-state index contributed by atoms with van der Waals surface area (Å²) in [7, 11) is 1.58. The first-order chi connectivity index (χ1) is 5.77. The van der Waals surface area contributed by atoms with Crippen LogP contribution in [-0.4, -0.2) is 19.4 Å². The van der Waals surface area contributed by atoms with Crippen molar-refractivity contribution in [3.05, 3.63) is 29.8 Å². The smallest absolute Gasteiger partial charge is 0.176 e. The van der Waals surface area contributed by atoms with Gasteiger partial charge in [0.25, 0.3) is 0 Å². The van der Waals surface area contributed by atoms with Gasteiger partial charge in [-0.1, -0.05) is 0 Å². The number of carbonyl (C=O) groups is 1. The monoisotopic (exact) mass is 200 g/mol. The van der Waals surface area contributed by atoms with Crippen LogP contribution in [0.4, 0.5) is 0 Å². The van der Waals surface area contributed by atoms with Crippen LogP contribution in [0.5, 0.6) is 5.75 Å². The maximum Gasteiger partial charge on any atom is 0.176 e. The van der Waals surface area contributed by atoms with Crippen LogP contribution in [0, 0.1) is 0 Å². The molecule has 0 amide bonds. The van der Waals surface area contributed by atoms with Gasteiger partial charge in [0, 0.05) is 5.56 Å². The number of halogens is 1. The Balaban J connectivity index is 0.00000144. The Bertz CT molecular complexity index is 271. The number of rotatable bonds is 3. The maximum atomic E-state index is 11.0. The second kappa shape index (κ2) is 5.56. The lowest BCUT2D eigenvalue weighted by atomic mass is 10.1. The summed E-state index contributed by atoms with van der Waals surface area (Å²) in [4.78, 5) is 11.0. The quantitative estimate of drug-likeness (QED) is 0.566. The molecule has 0 saturated carbocycles. The molecule has 1 rings (SSSR count). The van der Waals surface area contributed by atoms with E-state index in [0.717, 1.165) is 5.75 Å². The lowest BCUT2D eigenvalue weighted by Gasteiger charge is -2.00. The summed E-state index contributed by atoms with van der Waals surface area (Å²) in [6.07, 6.45) is 0. The zero-order valence-corrected chi connectivity index (χ0v) is 8.04. The minimum absolute atomic E-state index is 0. The fourth-order valence-electron chi connectivity index (χ4n) is 0.895. The zero-order chi connectivity index (χ0) is 8.97. The van der Waals surface area contributed by atoms with Crippen LogP contribution in [0.1, 0.15) is 10.4 Å². The molecule has 0 bridgehead atoms. The van der Waals surface area contributed by atoms with E-state index in [0.29, 0.717) is 5.56 Å². The number of nitrogens with two attached hydrogens (primary N) is 1. The van der Waals surface area contributed by atoms with E-state index < -0.39 is 0 Å². The highest BCUT2D eigenvalue weighted by Crippen LogP contribution is 2.11. The molecule has 0 aromatic heterocycles. The Labute approximate surface area is 83.3 Å². The predicted octanol–water partition coefficient (Wildman–Crippen LogP) is -2.16. The van der Waals surface area contributed by atoms with Crippen LogP contribution >= 0.6 is 0 Å². The van der Waals surface area contributed by atoms with Crippen molar-refractivity contribution in [1.82, 2.24) is 0 Å². The fraction of sp³-hybridized carbons (Fsp3) is 0.222. The Morgan fingerprint density at radius 3 is 2.31 bits per heavy atom. The summed E-state index contributed by atoms with van der Waals surface area (Å²) in [6.45, 7) is 0.0479. The highest BCUT2D eigenvalue weighted by atomic mass is 35.5. The number of methoxy groups -OCH3 is 1. The number of carbonyl (C=O) groups excluding carboxylic acids is 1. The molecule has 2 N–H and O–H groups in total. The van der Waals surface area contributed by atoms with E-state index in [2.05, 4.69) is 0 Å². The van der Waals surface area contributed by atoms with E-state index in [1.54, 1.807) is 31.4 Å². The molecule has 0 aliphatic heterocycles. The average molecular weight is 201 g/mol. The van der Waals surface area contributed by atoms with Crippen LogP contribution in [0.25, 0.3) is 0 Å². The lowest BCUT2D eigenvalue weighted by Crippen LogP contribution is -3.00. The molecule has 0 spiro atoms. The number of ketones is 1. The number of ether oxygens (including phenoxy) is 1. The van der Waals surface area contributed by atoms with Gasteiger partial charge in [-0.3, -0.25) is 4.79 Å². The van der Waals surface area contributed by atoms with Crippen LogP contribution < -0.4 is 22.9 Å². The largest absolute Gasteiger partial charge is 1.00 e. The molecule has 0 radical (unpaired) electrons. The van der Waals surface area contributed by atoms with Gasteiger partial charge in [0.05, 0.1) is 13.7 Å². The molecular weight excluding hydrogens is 190 g/mol. The van der Waals surface area contributed by atoms with E-state index in [9.17, 15) is 4.79 Å². The van der Waals surface area contributed by atoms with Gasteiger partial charge in [-0.15, -0.1) is 0 Å². The van der Waals surface area contributed by atoms with Crippen molar-refractivity contribution in [2.75, 3.05) is 13.7 Å². The molecule has 72 valence electrons. The van der Waals surface area contributed by atoms with E-state index >= 15 is 0 Å². The van der Waals surface area contributed by atoms with Gasteiger partial charge in [0.15, 0.2) is 5.78 Å². The van der Waals surface area contributed by atoms with Crippen molar-refractivity contribution in [3.63, 3.8) is 0 Å². The summed E-state index contributed by atoms with van der Waals surface area (Å²) >= 11 is 0. The third-order valence-electron chi connectivity index (χ3n) is 1.60. The molecule has 1 aromatic rings. The maximum absolute atomic E-state index is 11.0. The lowest BCUT2D eigenvalue weighted by molar-refractivity contribution is -0.0000105. The molecule has 0 atom stereocenters. The third kappa shape index (κ3) is 3.05. The average Bonchev–Trinajstić information content (AvgIpc) is 2.17. The third-order valence-corrected chi connectivity index (χ3v) is 1.60. The van der Waals surface area contributed by atoms with Gasteiger partial charge in [-0.2, -0.15) is 0 Å². The van der Waals surface area contributed by atoms with E-state index in [1.807, 2.05) is 0 Å². The summed E-state index contributed by atoms with van der Waals surface area (Å²) < 4.78 is 4.94. The van der Waals surface area contributed by atoms with Crippen molar-refractivity contribution < 1.29 is 21.9 Å². The minimum atomic E-state index is -0.0577. The molecule has 4 heteroatoms. The van der Waals surface area contributed by atoms with Gasteiger partial charge < -0.3 is 22.9 Å². The summed E-state index contributed by atoms with van der Waals surface area (Å²) in [5.74, 6) is 0.682. The Kier molecular flexibility index (Phi) is 5.11. The van der Waals surface area contributed by atoms with E-state index in [1.165, 1.54) is 0 Å².